The number of rotatable bonds is 6. The number of halogens is 1. The second-order valence-electron chi connectivity index (χ2n) is 4.85. The van der Waals surface area contributed by atoms with E-state index in [0.29, 0.717) is 19.7 Å². The summed E-state index contributed by atoms with van der Waals surface area (Å²) in [6.45, 7) is 1.46. The molecule has 22 heavy (non-hydrogen) atoms. The van der Waals surface area contributed by atoms with Crippen molar-refractivity contribution in [2.45, 2.75) is 6.54 Å². The minimum absolute atomic E-state index is 0.111. The van der Waals surface area contributed by atoms with Gasteiger partial charge < -0.3 is 15.0 Å². The van der Waals surface area contributed by atoms with E-state index >= 15 is 0 Å². The van der Waals surface area contributed by atoms with Crippen LogP contribution in [0.25, 0.3) is 0 Å². The first-order chi connectivity index (χ1) is 10.7. The third-order valence-corrected chi connectivity index (χ3v) is 3.74. The van der Waals surface area contributed by atoms with Gasteiger partial charge in [0.2, 0.25) is 0 Å². The highest BCUT2D eigenvalue weighted by Gasteiger charge is 2.08. The Balaban J connectivity index is 1.70. The van der Waals surface area contributed by atoms with Crippen LogP contribution in [0.5, 0.6) is 5.75 Å². The number of carbonyl (C=O) groups excluding carboxylic acids is 1. The maximum absolute atomic E-state index is 12.0. The monoisotopic (exact) mass is 362 g/mol. The van der Waals surface area contributed by atoms with Gasteiger partial charge in [-0.05, 0) is 33.6 Å². The van der Waals surface area contributed by atoms with Crippen molar-refractivity contribution in [1.29, 1.82) is 0 Å². The van der Waals surface area contributed by atoms with Crippen molar-refractivity contribution >= 4 is 22.0 Å². The van der Waals surface area contributed by atoms with Gasteiger partial charge in [-0.25, -0.2) is 4.79 Å². The van der Waals surface area contributed by atoms with E-state index < -0.39 is 0 Å². The highest BCUT2D eigenvalue weighted by Crippen LogP contribution is 2.23. The van der Waals surface area contributed by atoms with E-state index in [1.807, 2.05) is 54.6 Å². The maximum atomic E-state index is 12.0. The Labute approximate surface area is 139 Å². The number of benzene rings is 2. The molecule has 5 heteroatoms. The first-order valence-electron chi connectivity index (χ1n) is 7.07. The standard InChI is InChI=1S/C17H19BrN2O2/c1-20(13-14-7-3-2-4-8-14)17(21)19-11-12-22-16-10-6-5-9-15(16)18/h2-10H,11-13H2,1H3,(H,19,21). The first kappa shape index (κ1) is 16.4. The quantitative estimate of drug-likeness (QED) is 0.796. The molecule has 0 aliphatic carbocycles. The van der Waals surface area contributed by atoms with Crippen molar-refractivity contribution in [3.63, 3.8) is 0 Å². The maximum Gasteiger partial charge on any atom is 0.317 e. The molecule has 2 aromatic rings. The van der Waals surface area contributed by atoms with Crippen molar-refractivity contribution in [2.75, 3.05) is 20.2 Å². The van der Waals surface area contributed by atoms with Gasteiger partial charge in [-0.15, -0.1) is 0 Å². The second-order valence-corrected chi connectivity index (χ2v) is 5.71. The lowest BCUT2D eigenvalue weighted by Crippen LogP contribution is -2.38. The molecule has 0 bridgehead atoms. The van der Waals surface area contributed by atoms with Gasteiger partial charge in [0.05, 0.1) is 11.0 Å². The third kappa shape index (κ3) is 5.07. The number of nitrogens with zero attached hydrogens (tertiary/aromatic N) is 1. The van der Waals surface area contributed by atoms with E-state index in [1.54, 1.807) is 11.9 Å². The van der Waals surface area contributed by atoms with E-state index in [1.165, 1.54) is 0 Å². The van der Waals surface area contributed by atoms with E-state index in [2.05, 4.69) is 21.2 Å². The number of amides is 2. The number of ether oxygens (including phenoxy) is 1. The molecule has 2 aromatic carbocycles. The molecule has 0 saturated heterocycles. The smallest absolute Gasteiger partial charge is 0.317 e. The highest BCUT2D eigenvalue weighted by atomic mass is 79.9. The predicted octanol–water partition coefficient (Wildman–Crippen LogP) is 3.67. The number of carbonyl (C=O) groups is 1. The lowest BCUT2D eigenvalue weighted by Gasteiger charge is -2.18. The van der Waals surface area contributed by atoms with Gasteiger partial charge in [-0.1, -0.05) is 42.5 Å². The molecule has 0 spiro atoms. The zero-order chi connectivity index (χ0) is 15.8. The minimum Gasteiger partial charge on any atom is -0.491 e. The zero-order valence-corrected chi connectivity index (χ0v) is 14.0. The molecule has 2 rings (SSSR count). The average Bonchev–Trinajstić information content (AvgIpc) is 2.53. The Morgan fingerprint density at radius 2 is 1.82 bits per heavy atom. The number of hydrogen-bond acceptors (Lipinski definition) is 2. The lowest BCUT2D eigenvalue weighted by atomic mass is 10.2. The highest BCUT2D eigenvalue weighted by molar-refractivity contribution is 9.10. The van der Waals surface area contributed by atoms with Gasteiger partial charge >= 0.3 is 6.03 Å². The Kier molecular flexibility index (Phi) is 6.27. The fourth-order valence-electron chi connectivity index (χ4n) is 1.94. The van der Waals surface area contributed by atoms with Gasteiger partial charge in [0.25, 0.3) is 0 Å². The van der Waals surface area contributed by atoms with Crippen molar-refractivity contribution < 1.29 is 9.53 Å². The van der Waals surface area contributed by atoms with Crippen LogP contribution in [0.2, 0.25) is 0 Å². The molecule has 0 aromatic heterocycles. The number of para-hydroxylation sites is 1. The van der Waals surface area contributed by atoms with Crippen molar-refractivity contribution in [3.8, 4) is 5.75 Å². The van der Waals surface area contributed by atoms with Gasteiger partial charge in [-0.2, -0.15) is 0 Å². The topological polar surface area (TPSA) is 41.6 Å². The van der Waals surface area contributed by atoms with Crippen LogP contribution < -0.4 is 10.1 Å². The number of urea groups is 1. The van der Waals surface area contributed by atoms with Gasteiger partial charge in [-0.3, -0.25) is 0 Å². The minimum atomic E-state index is -0.111. The molecule has 0 saturated carbocycles. The van der Waals surface area contributed by atoms with E-state index in [-0.39, 0.29) is 6.03 Å². The van der Waals surface area contributed by atoms with E-state index in [9.17, 15) is 4.79 Å². The largest absolute Gasteiger partial charge is 0.491 e. The van der Waals surface area contributed by atoms with Gasteiger partial charge in [0.15, 0.2) is 0 Å². The summed E-state index contributed by atoms with van der Waals surface area (Å²) in [7, 11) is 1.77. The summed E-state index contributed by atoms with van der Waals surface area (Å²) in [5.41, 5.74) is 1.10. The average molecular weight is 363 g/mol. The molecule has 0 atom stereocenters. The van der Waals surface area contributed by atoms with Crippen molar-refractivity contribution in [1.82, 2.24) is 10.2 Å². The van der Waals surface area contributed by atoms with E-state index in [0.717, 1.165) is 15.8 Å². The fraction of sp³-hybridized carbons (Fsp3) is 0.235. The molecule has 2 amide bonds. The summed E-state index contributed by atoms with van der Waals surface area (Å²) in [4.78, 5) is 13.6. The van der Waals surface area contributed by atoms with Gasteiger partial charge in [0, 0.05) is 13.6 Å². The van der Waals surface area contributed by atoms with Gasteiger partial charge in [0.1, 0.15) is 12.4 Å². The van der Waals surface area contributed by atoms with E-state index in [4.69, 9.17) is 4.74 Å². The Bertz CT molecular complexity index is 605. The molecule has 1 N–H and O–H groups in total. The molecule has 0 heterocycles. The van der Waals surface area contributed by atoms with Crippen LogP contribution in [-0.4, -0.2) is 31.1 Å². The van der Waals surface area contributed by atoms with Crippen LogP contribution in [0.3, 0.4) is 0 Å². The molecule has 0 aliphatic rings. The molecule has 0 radical (unpaired) electrons. The summed E-state index contributed by atoms with van der Waals surface area (Å²) < 4.78 is 6.51. The van der Waals surface area contributed by atoms with Crippen LogP contribution in [-0.2, 0) is 6.54 Å². The second kappa shape index (κ2) is 8.44. The summed E-state index contributed by atoms with van der Waals surface area (Å²) in [6, 6.07) is 17.4. The van der Waals surface area contributed by atoms with Crippen LogP contribution in [0.4, 0.5) is 4.79 Å². The summed E-state index contributed by atoms with van der Waals surface area (Å²) in [6.07, 6.45) is 0. The van der Waals surface area contributed by atoms with Crippen molar-refractivity contribution in [2.24, 2.45) is 0 Å². The molecule has 116 valence electrons. The summed E-state index contributed by atoms with van der Waals surface area (Å²) in [5.74, 6) is 0.773. The molecular formula is C17H19BrN2O2. The molecule has 0 fully saturated rings. The van der Waals surface area contributed by atoms with Crippen molar-refractivity contribution in [3.05, 3.63) is 64.6 Å². The zero-order valence-electron chi connectivity index (χ0n) is 12.5. The number of nitrogens with one attached hydrogen (secondary N) is 1. The normalized spacial score (nSPS) is 10.1. The number of hydrogen-bond donors (Lipinski definition) is 1. The predicted molar refractivity (Wildman–Crippen MR) is 90.9 cm³/mol. The lowest BCUT2D eigenvalue weighted by molar-refractivity contribution is 0.203. The first-order valence-corrected chi connectivity index (χ1v) is 7.86. The van der Waals surface area contributed by atoms with Crippen LogP contribution in [0.15, 0.2) is 59.1 Å². The Morgan fingerprint density at radius 1 is 1.14 bits per heavy atom. The Hall–Kier alpha value is -2.01. The molecule has 0 unspecified atom stereocenters. The SMILES string of the molecule is CN(Cc1ccccc1)C(=O)NCCOc1ccccc1Br. The molecule has 4 nitrogen and oxygen atoms in total. The molecule has 0 aliphatic heterocycles. The summed E-state index contributed by atoms with van der Waals surface area (Å²) in [5, 5.41) is 2.84. The van der Waals surface area contributed by atoms with Crippen LogP contribution in [0, 0.1) is 0 Å². The molecular weight excluding hydrogens is 344 g/mol. The van der Waals surface area contributed by atoms with Crippen LogP contribution >= 0.6 is 15.9 Å². The summed E-state index contributed by atoms with van der Waals surface area (Å²) >= 11 is 3.42. The van der Waals surface area contributed by atoms with Crippen LogP contribution in [0.1, 0.15) is 5.56 Å². The Morgan fingerprint density at radius 3 is 2.55 bits per heavy atom. The fourth-order valence-corrected chi connectivity index (χ4v) is 2.34. The third-order valence-electron chi connectivity index (χ3n) is 3.08.